The van der Waals surface area contributed by atoms with Crippen molar-refractivity contribution in [3.05, 3.63) is 0 Å². The van der Waals surface area contributed by atoms with E-state index < -0.39 is 12.6 Å². The molecule has 0 radical (unpaired) electrons. The van der Waals surface area contributed by atoms with Gasteiger partial charge in [0.25, 0.3) is 0 Å². The molecule has 1 amide bonds. The molecule has 0 aromatic rings. The quantitative estimate of drug-likeness (QED) is 0.571. The van der Waals surface area contributed by atoms with Crippen molar-refractivity contribution in [3.8, 4) is 0 Å². The highest BCUT2D eigenvalue weighted by atomic mass is 19.2. The first-order valence-corrected chi connectivity index (χ1v) is 3.48. The number of alkyl halides is 1. The SMILES string of the molecule is O=C(OC(O)F)N1CCCC1. The fourth-order valence-electron chi connectivity index (χ4n) is 1.06. The number of halogens is 1. The topological polar surface area (TPSA) is 49.8 Å². The normalized spacial score (nSPS) is 20.0. The van der Waals surface area contributed by atoms with Crippen molar-refractivity contribution in [2.24, 2.45) is 0 Å². The minimum Gasteiger partial charge on any atom is -0.390 e. The van der Waals surface area contributed by atoms with E-state index in [1.165, 1.54) is 4.90 Å². The van der Waals surface area contributed by atoms with Crippen LogP contribution in [0.3, 0.4) is 0 Å². The number of nitrogens with zero attached hydrogens (tertiary/aromatic N) is 1. The molecule has 0 aliphatic carbocycles. The Kier molecular flexibility index (Phi) is 2.64. The van der Waals surface area contributed by atoms with E-state index in [2.05, 4.69) is 4.74 Å². The summed E-state index contributed by atoms with van der Waals surface area (Å²) in [4.78, 5) is 12.1. The lowest BCUT2D eigenvalue weighted by atomic mass is 10.4. The molecule has 0 bridgehead atoms. The van der Waals surface area contributed by atoms with Gasteiger partial charge in [-0.1, -0.05) is 0 Å². The Hall–Kier alpha value is -0.840. The average molecular weight is 163 g/mol. The second-order valence-electron chi connectivity index (χ2n) is 2.37. The first kappa shape index (κ1) is 8.26. The van der Waals surface area contributed by atoms with Gasteiger partial charge in [-0.15, -0.1) is 0 Å². The molecule has 1 unspecified atom stereocenters. The Morgan fingerprint density at radius 3 is 2.55 bits per heavy atom. The number of hydrogen-bond acceptors (Lipinski definition) is 3. The summed E-state index contributed by atoms with van der Waals surface area (Å²) in [6, 6.07) is 0. The van der Waals surface area contributed by atoms with Gasteiger partial charge in [-0.3, -0.25) is 0 Å². The summed E-state index contributed by atoms with van der Waals surface area (Å²) in [7, 11) is 0. The van der Waals surface area contributed by atoms with Crippen LogP contribution >= 0.6 is 0 Å². The largest absolute Gasteiger partial charge is 0.414 e. The number of hydrogen-bond donors (Lipinski definition) is 1. The minimum atomic E-state index is -2.50. The Labute approximate surface area is 63.6 Å². The van der Waals surface area contributed by atoms with Gasteiger partial charge in [-0.2, -0.15) is 4.39 Å². The van der Waals surface area contributed by atoms with Crippen molar-refractivity contribution < 1.29 is 19.0 Å². The van der Waals surface area contributed by atoms with Crippen molar-refractivity contribution in [1.82, 2.24) is 4.90 Å². The zero-order valence-electron chi connectivity index (χ0n) is 5.99. The highest BCUT2D eigenvalue weighted by molar-refractivity contribution is 5.67. The van der Waals surface area contributed by atoms with E-state index in [1.54, 1.807) is 0 Å². The van der Waals surface area contributed by atoms with Crippen LogP contribution in [-0.2, 0) is 4.74 Å². The van der Waals surface area contributed by atoms with Gasteiger partial charge >= 0.3 is 12.6 Å². The van der Waals surface area contributed by atoms with E-state index in [0.717, 1.165) is 12.8 Å². The molecule has 0 aromatic carbocycles. The van der Waals surface area contributed by atoms with Gasteiger partial charge in [-0.05, 0) is 12.8 Å². The van der Waals surface area contributed by atoms with Gasteiger partial charge < -0.3 is 14.7 Å². The Morgan fingerprint density at radius 2 is 2.09 bits per heavy atom. The summed E-state index contributed by atoms with van der Waals surface area (Å²) < 4.78 is 15.6. The minimum absolute atomic E-state index is 0.589. The van der Waals surface area contributed by atoms with Crippen molar-refractivity contribution >= 4 is 6.09 Å². The maximum Gasteiger partial charge on any atom is 0.414 e. The molecule has 1 aliphatic rings. The standard InChI is InChI=1S/C6H10FNO3/c7-5(9)11-6(10)8-3-1-2-4-8/h5,9H,1-4H2. The second-order valence-corrected chi connectivity index (χ2v) is 2.37. The predicted molar refractivity (Wildman–Crippen MR) is 34.4 cm³/mol. The molecular formula is C6H10FNO3. The molecule has 1 aliphatic heterocycles. The third-order valence-corrected chi connectivity index (χ3v) is 1.56. The highest BCUT2D eigenvalue weighted by Crippen LogP contribution is 2.09. The zero-order valence-corrected chi connectivity index (χ0v) is 5.99. The van der Waals surface area contributed by atoms with Crippen LogP contribution in [0.2, 0.25) is 0 Å². The molecule has 1 fully saturated rings. The first-order valence-electron chi connectivity index (χ1n) is 3.48. The molecule has 1 heterocycles. The van der Waals surface area contributed by atoms with E-state index >= 15 is 0 Å². The number of aliphatic hydroxyl groups is 1. The van der Waals surface area contributed by atoms with Gasteiger partial charge in [0.2, 0.25) is 0 Å². The highest BCUT2D eigenvalue weighted by Gasteiger charge is 2.21. The number of carbonyl (C=O) groups excluding carboxylic acids is 1. The average Bonchev–Trinajstić information content (AvgIpc) is 2.35. The molecule has 0 spiro atoms. The fraction of sp³-hybridized carbons (Fsp3) is 0.833. The monoisotopic (exact) mass is 163 g/mol. The second kappa shape index (κ2) is 3.52. The van der Waals surface area contributed by atoms with Crippen molar-refractivity contribution in [2.75, 3.05) is 13.1 Å². The van der Waals surface area contributed by atoms with Crippen LogP contribution in [0.4, 0.5) is 9.18 Å². The number of aliphatic hydroxyl groups excluding tert-OH is 1. The summed E-state index contributed by atoms with van der Waals surface area (Å²) in [5, 5.41) is 8.05. The number of amides is 1. The number of likely N-dealkylation sites (tertiary alicyclic amines) is 1. The molecule has 0 aromatic heterocycles. The van der Waals surface area contributed by atoms with Gasteiger partial charge in [-0.25, -0.2) is 4.79 Å². The molecule has 5 heteroatoms. The van der Waals surface area contributed by atoms with Crippen LogP contribution in [0.25, 0.3) is 0 Å². The molecule has 1 rings (SSSR count). The first-order chi connectivity index (χ1) is 5.20. The summed E-state index contributed by atoms with van der Waals surface area (Å²) >= 11 is 0. The van der Waals surface area contributed by atoms with Gasteiger partial charge in [0.05, 0.1) is 0 Å². The molecule has 1 saturated heterocycles. The molecule has 0 saturated carbocycles. The molecule has 1 atom stereocenters. The maximum atomic E-state index is 11.7. The lowest BCUT2D eigenvalue weighted by Crippen LogP contribution is -2.30. The third-order valence-electron chi connectivity index (χ3n) is 1.56. The van der Waals surface area contributed by atoms with E-state index in [1.807, 2.05) is 0 Å². The number of ether oxygens (including phenoxy) is 1. The van der Waals surface area contributed by atoms with E-state index in [-0.39, 0.29) is 0 Å². The van der Waals surface area contributed by atoms with Crippen molar-refractivity contribution in [3.63, 3.8) is 0 Å². The summed E-state index contributed by atoms with van der Waals surface area (Å²) in [5.74, 6) is 0. The molecule has 11 heavy (non-hydrogen) atoms. The lowest BCUT2D eigenvalue weighted by Gasteiger charge is -2.14. The molecule has 1 N–H and O–H groups in total. The third kappa shape index (κ3) is 2.34. The van der Waals surface area contributed by atoms with Crippen LogP contribution in [0.5, 0.6) is 0 Å². The number of rotatable bonds is 1. The summed E-state index contributed by atoms with van der Waals surface area (Å²) in [5.41, 5.74) is 0. The predicted octanol–water partition coefficient (Wildman–Crippen LogP) is 0.464. The summed E-state index contributed by atoms with van der Waals surface area (Å²) in [6.07, 6.45) is 1.05. The van der Waals surface area contributed by atoms with Crippen LogP contribution in [0.15, 0.2) is 0 Å². The van der Waals surface area contributed by atoms with Gasteiger partial charge in [0, 0.05) is 13.1 Å². The Morgan fingerprint density at radius 1 is 1.55 bits per heavy atom. The van der Waals surface area contributed by atoms with E-state index in [9.17, 15) is 9.18 Å². The lowest BCUT2D eigenvalue weighted by molar-refractivity contribution is -0.149. The smallest absolute Gasteiger partial charge is 0.390 e. The fourth-order valence-corrected chi connectivity index (χ4v) is 1.06. The Bertz CT molecular complexity index is 145. The zero-order chi connectivity index (χ0) is 8.27. The van der Waals surface area contributed by atoms with E-state index in [0.29, 0.717) is 13.1 Å². The van der Waals surface area contributed by atoms with Crippen LogP contribution in [-0.4, -0.2) is 35.7 Å². The summed E-state index contributed by atoms with van der Waals surface area (Å²) in [6.45, 7) is -1.32. The Balaban J connectivity index is 2.28. The van der Waals surface area contributed by atoms with Crippen molar-refractivity contribution in [1.29, 1.82) is 0 Å². The van der Waals surface area contributed by atoms with Gasteiger partial charge in [0.15, 0.2) is 0 Å². The number of carbonyl (C=O) groups is 1. The van der Waals surface area contributed by atoms with Gasteiger partial charge in [0.1, 0.15) is 0 Å². The van der Waals surface area contributed by atoms with E-state index in [4.69, 9.17) is 5.11 Å². The molecule has 4 nitrogen and oxygen atoms in total. The van der Waals surface area contributed by atoms with Crippen LogP contribution < -0.4 is 0 Å². The molecule has 64 valence electrons. The van der Waals surface area contributed by atoms with Crippen LogP contribution in [0.1, 0.15) is 12.8 Å². The maximum absolute atomic E-state index is 11.7. The van der Waals surface area contributed by atoms with Crippen LogP contribution in [0, 0.1) is 0 Å². The van der Waals surface area contributed by atoms with Crippen molar-refractivity contribution in [2.45, 2.75) is 19.4 Å². The molecular weight excluding hydrogens is 153 g/mol.